The summed E-state index contributed by atoms with van der Waals surface area (Å²) in [6, 6.07) is 10.1. The molecule has 2 heterocycles. The number of hydrogen-bond donors (Lipinski definition) is 2. The van der Waals surface area contributed by atoms with E-state index in [0.29, 0.717) is 12.3 Å². The predicted octanol–water partition coefficient (Wildman–Crippen LogP) is 5.18. The van der Waals surface area contributed by atoms with Crippen LogP contribution in [0.3, 0.4) is 0 Å². The van der Waals surface area contributed by atoms with E-state index in [1.807, 2.05) is 30.5 Å². The highest BCUT2D eigenvalue weighted by Gasteiger charge is 2.32. The standard InChI is InChI=1S/C27H30N2O4S/c1-16-9-10-29(24(30)11-16)22(12-19-7-8-19)27(33)28-21(14-25(31)32)20-13-23(34-15-20)26-17(2)5-4-6-18(26)3/h4-6,9-11,13,15,19,21-22H,7-8,12,14H2,1-3H3,(H,28,33)(H,31,32)/t21-,22-/m0/s1. The predicted molar refractivity (Wildman–Crippen MR) is 134 cm³/mol. The minimum absolute atomic E-state index is 0.219. The van der Waals surface area contributed by atoms with Crippen LogP contribution in [-0.4, -0.2) is 21.6 Å². The molecule has 7 heteroatoms. The Morgan fingerprint density at radius 1 is 1.15 bits per heavy atom. The van der Waals surface area contributed by atoms with Crippen molar-refractivity contribution in [1.29, 1.82) is 0 Å². The van der Waals surface area contributed by atoms with Crippen LogP contribution in [0.2, 0.25) is 0 Å². The number of aliphatic carboxylic acids is 1. The van der Waals surface area contributed by atoms with Crippen LogP contribution in [0.15, 0.2) is 52.8 Å². The maximum atomic E-state index is 13.4. The summed E-state index contributed by atoms with van der Waals surface area (Å²) in [7, 11) is 0. The van der Waals surface area contributed by atoms with Crippen molar-refractivity contribution in [3.63, 3.8) is 0 Å². The summed E-state index contributed by atoms with van der Waals surface area (Å²) in [5, 5.41) is 14.4. The molecular weight excluding hydrogens is 448 g/mol. The van der Waals surface area contributed by atoms with Gasteiger partial charge in [-0.3, -0.25) is 14.4 Å². The summed E-state index contributed by atoms with van der Waals surface area (Å²) >= 11 is 1.54. The molecule has 1 amide bonds. The van der Waals surface area contributed by atoms with Crippen molar-refractivity contribution in [3.8, 4) is 10.4 Å². The Hall–Kier alpha value is -3.19. The number of carbonyl (C=O) groups is 2. The molecule has 2 atom stereocenters. The third kappa shape index (κ3) is 5.47. The molecule has 0 bridgehead atoms. The fourth-order valence-electron chi connectivity index (χ4n) is 4.43. The van der Waals surface area contributed by atoms with Gasteiger partial charge in [0.1, 0.15) is 6.04 Å². The van der Waals surface area contributed by atoms with E-state index in [0.717, 1.165) is 45.5 Å². The van der Waals surface area contributed by atoms with Crippen molar-refractivity contribution in [3.05, 3.63) is 80.6 Å². The Bertz CT molecular complexity index is 1250. The van der Waals surface area contributed by atoms with E-state index in [1.54, 1.807) is 17.5 Å². The van der Waals surface area contributed by atoms with E-state index < -0.39 is 18.1 Å². The van der Waals surface area contributed by atoms with Crippen molar-refractivity contribution in [2.75, 3.05) is 0 Å². The molecule has 4 rings (SSSR count). The Morgan fingerprint density at radius 2 is 1.85 bits per heavy atom. The van der Waals surface area contributed by atoms with Crippen molar-refractivity contribution in [2.24, 2.45) is 5.92 Å². The number of hydrogen-bond acceptors (Lipinski definition) is 4. The highest BCUT2D eigenvalue weighted by molar-refractivity contribution is 7.13. The molecule has 0 radical (unpaired) electrons. The zero-order valence-corrected chi connectivity index (χ0v) is 20.5. The lowest BCUT2D eigenvalue weighted by molar-refractivity contribution is -0.138. The third-order valence-electron chi connectivity index (χ3n) is 6.44. The molecule has 1 aliphatic carbocycles. The molecule has 1 fully saturated rings. The van der Waals surface area contributed by atoms with Gasteiger partial charge in [0.05, 0.1) is 12.5 Å². The lowest BCUT2D eigenvalue weighted by Gasteiger charge is -2.23. The van der Waals surface area contributed by atoms with Gasteiger partial charge >= 0.3 is 5.97 Å². The van der Waals surface area contributed by atoms with Gasteiger partial charge in [-0.15, -0.1) is 11.3 Å². The molecule has 0 spiro atoms. The molecule has 1 aliphatic rings. The number of carbonyl (C=O) groups excluding carboxylic acids is 1. The molecule has 0 saturated heterocycles. The normalized spacial score (nSPS) is 15.0. The van der Waals surface area contributed by atoms with Gasteiger partial charge in [-0.2, -0.15) is 0 Å². The van der Waals surface area contributed by atoms with E-state index in [4.69, 9.17) is 0 Å². The maximum Gasteiger partial charge on any atom is 0.305 e. The number of benzene rings is 1. The van der Waals surface area contributed by atoms with Crippen LogP contribution in [0, 0.1) is 26.7 Å². The molecule has 0 aliphatic heterocycles. The van der Waals surface area contributed by atoms with Gasteiger partial charge in [0.15, 0.2) is 0 Å². The monoisotopic (exact) mass is 478 g/mol. The fourth-order valence-corrected chi connectivity index (χ4v) is 5.56. The van der Waals surface area contributed by atoms with E-state index >= 15 is 0 Å². The van der Waals surface area contributed by atoms with Crippen LogP contribution in [-0.2, 0) is 9.59 Å². The number of aryl methyl sites for hydroxylation is 3. The third-order valence-corrected chi connectivity index (χ3v) is 7.41. The van der Waals surface area contributed by atoms with Crippen molar-refractivity contribution in [1.82, 2.24) is 9.88 Å². The molecule has 34 heavy (non-hydrogen) atoms. The van der Waals surface area contributed by atoms with Gasteiger partial charge in [-0.1, -0.05) is 31.0 Å². The molecule has 178 valence electrons. The van der Waals surface area contributed by atoms with Gasteiger partial charge in [-0.05, 0) is 78.4 Å². The summed E-state index contributed by atoms with van der Waals surface area (Å²) < 4.78 is 1.48. The highest BCUT2D eigenvalue weighted by atomic mass is 32.1. The first-order chi connectivity index (χ1) is 16.2. The van der Waals surface area contributed by atoms with Crippen molar-refractivity contribution in [2.45, 2.75) is 58.5 Å². The van der Waals surface area contributed by atoms with Crippen LogP contribution in [0.5, 0.6) is 0 Å². The number of aromatic nitrogens is 1. The summed E-state index contributed by atoms with van der Waals surface area (Å²) in [4.78, 5) is 38.8. The van der Waals surface area contributed by atoms with Gasteiger partial charge < -0.3 is 15.0 Å². The summed E-state index contributed by atoms with van der Waals surface area (Å²) in [5.41, 5.74) is 4.82. The Balaban J connectivity index is 1.62. The van der Waals surface area contributed by atoms with E-state index in [9.17, 15) is 19.5 Å². The Morgan fingerprint density at radius 3 is 2.47 bits per heavy atom. The zero-order valence-electron chi connectivity index (χ0n) is 19.7. The van der Waals surface area contributed by atoms with Crippen molar-refractivity contribution < 1.29 is 14.7 Å². The molecule has 0 unspecified atom stereocenters. The summed E-state index contributed by atoms with van der Waals surface area (Å²) in [6.45, 7) is 5.95. The summed E-state index contributed by atoms with van der Waals surface area (Å²) in [5.74, 6) is -0.890. The van der Waals surface area contributed by atoms with Gasteiger partial charge in [0.25, 0.3) is 5.56 Å². The molecule has 2 aromatic heterocycles. The summed E-state index contributed by atoms with van der Waals surface area (Å²) in [6.07, 6.45) is 4.11. The first kappa shape index (κ1) is 24.0. The lowest BCUT2D eigenvalue weighted by atomic mass is 9.99. The van der Waals surface area contributed by atoms with E-state index in [1.165, 1.54) is 10.6 Å². The second kappa shape index (κ2) is 9.97. The van der Waals surface area contributed by atoms with Crippen LogP contribution in [0.4, 0.5) is 0 Å². The van der Waals surface area contributed by atoms with E-state index in [-0.39, 0.29) is 17.9 Å². The fraction of sp³-hybridized carbons (Fsp3) is 0.370. The van der Waals surface area contributed by atoms with Gasteiger partial charge in [0, 0.05) is 17.1 Å². The molecule has 1 aromatic carbocycles. The lowest BCUT2D eigenvalue weighted by Crippen LogP contribution is -2.39. The van der Waals surface area contributed by atoms with Crippen molar-refractivity contribution >= 4 is 23.2 Å². The molecule has 6 nitrogen and oxygen atoms in total. The minimum Gasteiger partial charge on any atom is -0.481 e. The molecule has 3 aromatic rings. The maximum absolute atomic E-state index is 13.4. The van der Waals surface area contributed by atoms with Crippen LogP contribution in [0.25, 0.3) is 10.4 Å². The minimum atomic E-state index is -0.989. The second-order valence-electron chi connectivity index (χ2n) is 9.31. The molecule has 2 N–H and O–H groups in total. The number of nitrogens with zero attached hydrogens (tertiary/aromatic N) is 1. The van der Waals surface area contributed by atoms with Gasteiger partial charge in [-0.25, -0.2) is 0 Å². The number of pyridine rings is 1. The number of carboxylic acids is 1. The number of thiophene rings is 1. The first-order valence-corrected chi connectivity index (χ1v) is 12.5. The number of carboxylic acid groups (broad SMARTS) is 1. The second-order valence-corrected chi connectivity index (χ2v) is 10.2. The Labute approximate surface area is 203 Å². The topological polar surface area (TPSA) is 88.4 Å². The van der Waals surface area contributed by atoms with Crippen LogP contribution in [0.1, 0.15) is 60.0 Å². The Kier molecular flexibility index (Phi) is 7.03. The zero-order chi connectivity index (χ0) is 24.4. The SMILES string of the molecule is Cc1ccn([C@@H](CC2CC2)C(=O)N[C@@H](CC(=O)O)c2csc(-c3c(C)cccc3C)c2)c(=O)c1. The average molecular weight is 479 g/mol. The van der Waals surface area contributed by atoms with Crippen LogP contribution < -0.4 is 10.9 Å². The number of amides is 1. The van der Waals surface area contributed by atoms with Gasteiger partial charge in [0.2, 0.25) is 5.91 Å². The number of nitrogens with one attached hydrogen (secondary N) is 1. The smallest absolute Gasteiger partial charge is 0.305 e. The highest BCUT2D eigenvalue weighted by Crippen LogP contribution is 2.38. The quantitative estimate of drug-likeness (QED) is 0.444. The first-order valence-electron chi connectivity index (χ1n) is 11.6. The van der Waals surface area contributed by atoms with Crippen LogP contribution >= 0.6 is 11.3 Å². The molecule has 1 saturated carbocycles. The molecular formula is C27H30N2O4S. The average Bonchev–Trinajstić information content (AvgIpc) is 3.46. The number of rotatable bonds is 9. The van der Waals surface area contributed by atoms with E-state index in [2.05, 4.69) is 31.3 Å². The largest absolute Gasteiger partial charge is 0.481 e.